The summed E-state index contributed by atoms with van der Waals surface area (Å²) in [4.78, 5) is 19.7. The number of aromatic nitrogens is 3. The number of nitrogens with one attached hydrogen (secondary N) is 1. The molecule has 1 amide bonds. The Balaban J connectivity index is 2.11. The average Bonchev–Trinajstić information content (AvgIpc) is 2.95. The third-order valence-corrected chi connectivity index (χ3v) is 2.59. The molecule has 7 nitrogen and oxygen atoms in total. The summed E-state index contributed by atoms with van der Waals surface area (Å²) in [5.74, 6) is -0.329. The van der Waals surface area contributed by atoms with E-state index in [0.717, 1.165) is 0 Å². The second-order valence-corrected chi connectivity index (χ2v) is 3.93. The summed E-state index contributed by atoms with van der Waals surface area (Å²) in [6, 6.07) is 3.19. The molecule has 0 saturated carbocycles. The van der Waals surface area contributed by atoms with Gasteiger partial charge in [-0.1, -0.05) is 12.1 Å². The van der Waals surface area contributed by atoms with Crippen LogP contribution in [0, 0.1) is 0 Å². The van der Waals surface area contributed by atoms with Crippen molar-refractivity contribution in [3.63, 3.8) is 0 Å². The van der Waals surface area contributed by atoms with Crippen molar-refractivity contribution >= 4 is 5.91 Å². The maximum atomic E-state index is 11.8. The van der Waals surface area contributed by atoms with Crippen LogP contribution >= 0.6 is 0 Å². The second kappa shape index (κ2) is 6.05. The van der Waals surface area contributed by atoms with Gasteiger partial charge in [0.1, 0.15) is 0 Å². The van der Waals surface area contributed by atoms with Crippen molar-refractivity contribution in [2.24, 2.45) is 0 Å². The Kier molecular flexibility index (Phi) is 4.19. The number of carbonyl (C=O) groups is 1. The molecule has 7 heteroatoms. The summed E-state index contributed by atoms with van der Waals surface area (Å²) in [5.41, 5.74) is 0.666. The molecule has 0 unspecified atom stereocenters. The zero-order valence-electron chi connectivity index (χ0n) is 10.4. The maximum Gasteiger partial charge on any atom is 0.316 e. The van der Waals surface area contributed by atoms with Gasteiger partial charge in [0.05, 0.1) is 12.6 Å². The van der Waals surface area contributed by atoms with E-state index in [0.29, 0.717) is 17.8 Å². The molecule has 0 aromatic carbocycles. The second-order valence-electron chi connectivity index (χ2n) is 3.93. The first kappa shape index (κ1) is 13.2. The standard InChI is InChI=1S/C12H14N4O3/c1-2-9(7-17)14-11(18)12-15-10(16-19-12)8-4-3-5-13-6-8/h3-6,9,17H,2,7H2,1H3,(H,14,18)/t9-/m0/s1. The van der Waals surface area contributed by atoms with E-state index in [2.05, 4.69) is 20.4 Å². The number of pyridine rings is 1. The van der Waals surface area contributed by atoms with Crippen LogP contribution in [-0.4, -0.2) is 38.8 Å². The first-order valence-corrected chi connectivity index (χ1v) is 5.90. The molecule has 19 heavy (non-hydrogen) atoms. The molecule has 2 N–H and O–H groups in total. The molecular formula is C12H14N4O3. The van der Waals surface area contributed by atoms with Gasteiger partial charge in [0, 0.05) is 18.0 Å². The minimum Gasteiger partial charge on any atom is -0.394 e. The molecular weight excluding hydrogens is 248 g/mol. The van der Waals surface area contributed by atoms with Gasteiger partial charge in [0.2, 0.25) is 5.82 Å². The summed E-state index contributed by atoms with van der Waals surface area (Å²) in [6.07, 6.45) is 3.82. The summed E-state index contributed by atoms with van der Waals surface area (Å²) >= 11 is 0. The van der Waals surface area contributed by atoms with E-state index >= 15 is 0 Å². The summed E-state index contributed by atoms with van der Waals surface area (Å²) in [5, 5.41) is 15.3. The predicted octanol–water partition coefficient (Wildman–Crippen LogP) is 0.632. The van der Waals surface area contributed by atoms with Gasteiger partial charge in [-0.05, 0) is 18.6 Å². The highest BCUT2D eigenvalue weighted by molar-refractivity contribution is 5.90. The van der Waals surface area contributed by atoms with Crippen LogP contribution in [0.4, 0.5) is 0 Å². The molecule has 0 bridgehead atoms. The van der Waals surface area contributed by atoms with Gasteiger partial charge in [-0.2, -0.15) is 4.98 Å². The predicted molar refractivity (Wildman–Crippen MR) is 66.2 cm³/mol. The number of hydrogen-bond donors (Lipinski definition) is 2. The quantitative estimate of drug-likeness (QED) is 0.819. The third-order valence-electron chi connectivity index (χ3n) is 2.59. The highest BCUT2D eigenvalue weighted by Gasteiger charge is 2.18. The van der Waals surface area contributed by atoms with E-state index in [4.69, 9.17) is 9.63 Å². The summed E-state index contributed by atoms with van der Waals surface area (Å²) in [6.45, 7) is 1.72. The van der Waals surface area contributed by atoms with Crippen LogP contribution in [0.2, 0.25) is 0 Å². The van der Waals surface area contributed by atoms with Gasteiger partial charge in [-0.25, -0.2) is 0 Å². The third kappa shape index (κ3) is 3.14. The number of hydrogen-bond acceptors (Lipinski definition) is 6. The van der Waals surface area contributed by atoms with Gasteiger partial charge in [0.15, 0.2) is 0 Å². The van der Waals surface area contributed by atoms with E-state index < -0.39 is 5.91 Å². The fraction of sp³-hybridized carbons (Fsp3) is 0.333. The molecule has 0 saturated heterocycles. The van der Waals surface area contributed by atoms with Crippen molar-refractivity contribution in [1.29, 1.82) is 0 Å². The van der Waals surface area contributed by atoms with E-state index in [-0.39, 0.29) is 18.5 Å². The molecule has 0 aliphatic rings. The Hall–Kier alpha value is -2.28. The zero-order valence-corrected chi connectivity index (χ0v) is 10.4. The van der Waals surface area contributed by atoms with Crippen molar-refractivity contribution in [3.05, 3.63) is 30.4 Å². The Morgan fingerprint density at radius 2 is 2.42 bits per heavy atom. The van der Waals surface area contributed by atoms with Crippen LogP contribution in [0.25, 0.3) is 11.4 Å². The largest absolute Gasteiger partial charge is 0.394 e. The normalized spacial score (nSPS) is 12.1. The topological polar surface area (TPSA) is 101 Å². The van der Waals surface area contributed by atoms with Crippen molar-refractivity contribution < 1.29 is 14.4 Å². The van der Waals surface area contributed by atoms with Gasteiger partial charge in [-0.15, -0.1) is 0 Å². The Morgan fingerprint density at radius 1 is 1.58 bits per heavy atom. The van der Waals surface area contributed by atoms with Crippen LogP contribution in [0.5, 0.6) is 0 Å². The lowest BCUT2D eigenvalue weighted by Crippen LogP contribution is -2.37. The monoisotopic (exact) mass is 262 g/mol. The smallest absolute Gasteiger partial charge is 0.316 e. The lowest BCUT2D eigenvalue weighted by atomic mass is 10.2. The molecule has 0 aliphatic carbocycles. The Labute approximate surface area is 109 Å². The minimum absolute atomic E-state index is 0.133. The number of nitrogens with zero attached hydrogens (tertiary/aromatic N) is 3. The molecule has 2 aromatic rings. The fourth-order valence-electron chi connectivity index (χ4n) is 1.45. The first-order valence-electron chi connectivity index (χ1n) is 5.90. The number of carbonyl (C=O) groups excluding carboxylic acids is 1. The molecule has 0 radical (unpaired) electrons. The molecule has 100 valence electrons. The van der Waals surface area contributed by atoms with Crippen LogP contribution in [-0.2, 0) is 0 Å². The molecule has 2 rings (SSSR count). The molecule has 2 aromatic heterocycles. The maximum absolute atomic E-state index is 11.8. The van der Waals surface area contributed by atoms with Gasteiger partial charge in [0.25, 0.3) is 0 Å². The number of amides is 1. The highest BCUT2D eigenvalue weighted by atomic mass is 16.5. The van der Waals surface area contributed by atoms with Gasteiger partial charge < -0.3 is 14.9 Å². The molecule has 1 atom stereocenters. The fourth-order valence-corrected chi connectivity index (χ4v) is 1.45. The van der Waals surface area contributed by atoms with E-state index in [1.54, 1.807) is 24.5 Å². The summed E-state index contributed by atoms with van der Waals surface area (Å²) < 4.78 is 4.89. The van der Waals surface area contributed by atoms with Crippen molar-refractivity contribution in [1.82, 2.24) is 20.4 Å². The van der Waals surface area contributed by atoms with Crippen molar-refractivity contribution in [2.45, 2.75) is 19.4 Å². The van der Waals surface area contributed by atoms with E-state index in [9.17, 15) is 4.79 Å². The van der Waals surface area contributed by atoms with Gasteiger partial charge in [-0.3, -0.25) is 9.78 Å². The average molecular weight is 262 g/mol. The van der Waals surface area contributed by atoms with Crippen LogP contribution in [0.1, 0.15) is 24.0 Å². The minimum atomic E-state index is -0.497. The number of aliphatic hydroxyl groups excluding tert-OH is 1. The molecule has 0 spiro atoms. The van der Waals surface area contributed by atoms with Crippen LogP contribution < -0.4 is 5.32 Å². The van der Waals surface area contributed by atoms with Crippen LogP contribution in [0.3, 0.4) is 0 Å². The number of aliphatic hydroxyl groups is 1. The molecule has 0 fully saturated rings. The van der Waals surface area contributed by atoms with Crippen molar-refractivity contribution in [2.75, 3.05) is 6.61 Å². The summed E-state index contributed by atoms with van der Waals surface area (Å²) in [7, 11) is 0. The first-order chi connectivity index (χ1) is 9.24. The Morgan fingerprint density at radius 3 is 3.05 bits per heavy atom. The SMILES string of the molecule is CC[C@@H](CO)NC(=O)c1nc(-c2cccnc2)no1. The van der Waals surface area contributed by atoms with E-state index in [1.807, 2.05) is 6.92 Å². The lowest BCUT2D eigenvalue weighted by molar-refractivity contribution is 0.0870. The highest BCUT2D eigenvalue weighted by Crippen LogP contribution is 2.13. The molecule has 0 aliphatic heterocycles. The van der Waals surface area contributed by atoms with Crippen molar-refractivity contribution in [3.8, 4) is 11.4 Å². The van der Waals surface area contributed by atoms with E-state index in [1.165, 1.54) is 0 Å². The zero-order chi connectivity index (χ0) is 13.7. The Bertz CT molecular complexity index is 537. The van der Waals surface area contributed by atoms with Crippen LogP contribution in [0.15, 0.2) is 29.0 Å². The lowest BCUT2D eigenvalue weighted by Gasteiger charge is -2.11. The number of rotatable bonds is 5. The van der Waals surface area contributed by atoms with Gasteiger partial charge >= 0.3 is 11.8 Å². The molecule has 2 heterocycles.